The van der Waals surface area contributed by atoms with Crippen LogP contribution in [0.3, 0.4) is 0 Å². The third-order valence-electron chi connectivity index (χ3n) is 3.71. The number of aliphatic hydroxyl groups is 1. The molecule has 0 aliphatic carbocycles. The summed E-state index contributed by atoms with van der Waals surface area (Å²) in [5, 5.41) is 12.4. The maximum absolute atomic E-state index is 12.0. The lowest BCUT2D eigenvalue weighted by Crippen LogP contribution is -2.42. The minimum Gasteiger partial charge on any atom is -0.392 e. The van der Waals surface area contributed by atoms with Crippen molar-refractivity contribution in [3.05, 3.63) is 0 Å². The fourth-order valence-corrected chi connectivity index (χ4v) is 2.44. The Morgan fingerprint density at radius 3 is 2.31 bits per heavy atom. The summed E-state index contributed by atoms with van der Waals surface area (Å²) in [5.74, 6) is 1.36. The van der Waals surface area contributed by atoms with Gasteiger partial charge in [0.1, 0.15) is 0 Å². The largest absolute Gasteiger partial charge is 0.392 e. The quantitative estimate of drug-likeness (QED) is 0.699. The van der Waals surface area contributed by atoms with Crippen LogP contribution >= 0.6 is 12.4 Å². The zero-order valence-corrected chi connectivity index (χ0v) is 10.7. The van der Waals surface area contributed by atoms with Gasteiger partial charge in [0.2, 0.25) is 5.91 Å². The van der Waals surface area contributed by atoms with E-state index in [9.17, 15) is 9.90 Å². The molecule has 2 heterocycles. The van der Waals surface area contributed by atoms with E-state index < -0.39 is 0 Å². The number of nitrogens with one attached hydrogen (secondary N) is 1. The molecule has 4 nitrogen and oxygen atoms in total. The zero-order valence-electron chi connectivity index (χ0n) is 9.85. The van der Waals surface area contributed by atoms with Gasteiger partial charge in [0.15, 0.2) is 0 Å². The summed E-state index contributed by atoms with van der Waals surface area (Å²) in [4.78, 5) is 14.0. The molecule has 2 N–H and O–H groups in total. The van der Waals surface area contributed by atoms with E-state index >= 15 is 0 Å². The normalized spacial score (nSPS) is 38.6. The second kappa shape index (κ2) is 5.34. The van der Waals surface area contributed by atoms with Crippen molar-refractivity contribution in [2.45, 2.75) is 32.4 Å². The summed E-state index contributed by atoms with van der Waals surface area (Å²) in [7, 11) is 0. The number of amides is 1. The van der Waals surface area contributed by atoms with Gasteiger partial charge in [-0.15, -0.1) is 12.4 Å². The smallest absolute Gasteiger partial charge is 0.239 e. The highest BCUT2D eigenvalue weighted by molar-refractivity contribution is 5.85. The number of nitrogens with zero attached hydrogens (tertiary/aromatic N) is 1. The van der Waals surface area contributed by atoms with Crippen molar-refractivity contribution >= 4 is 18.3 Å². The molecular weight excluding hydrogens is 228 g/mol. The molecule has 2 aliphatic rings. The number of aliphatic hydroxyl groups excluding tert-OH is 1. The van der Waals surface area contributed by atoms with Crippen LogP contribution in [0, 0.1) is 11.8 Å². The lowest BCUT2D eigenvalue weighted by atomic mass is 10.0. The molecule has 94 valence electrons. The third kappa shape index (κ3) is 2.67. The molecule has 0 spiro atoms. The van der Waals surface area contributed by atoms with Gasteiger partial charge in [-0.2, -0.15) is 0 Å². The summed E-state index contributed by atoms with van der Waals surface area (Å²) < 4.78 is 0. The van der Waals surface area contributed by atoms with Crippen molar-refractivity contribution in [1.29, 1.82) is 0 Å². The van der Waals surface area contributed by atoms with Crippen molar-refractivity contribution in [3.8, 4) is 0 Å². The van der Waals surface area contributed by atoms with Crippen LogP contribution in [0.2, 0.25) is 0 Å². The molecule has 4 atom stereocenters. The van der Waals surface area contributed by atoms with Crippen molar-refractivity contribution in [2.24, 2.45) is 11.8 Å². The molecule has 2 rings (SSSR count). The molecule has 2 saturated heterocycles. The summed E-state index contributed by atoms with van der Waals surface area (Å²) in [6, 6.07) is -0.155. The molecular formula is C11H21ClN2O2. The Kier molecular flexibility index (Phi) is 4.59. The first-order valence-corrected chi connectivity index (χ1v) is 5.78. The molecule has 0 aromatic carbocycles. The molecule has 0 aromatic rings. The monoisotopic (exact) mass is 248 g/mol. The molecule has 2 unspecified atom stereocenters. The van der Waals surface area contributed by atoms with E-state index in [0.717, 1.165) is 13.1 Å². The fraction of sp³-hybridized carbons (Fsp3) is 0.909. The van der Waals surface area contributed by atoms with Crippen LogP contribution in [-0.2, 0) is 4.79 Å². The van der Waals surface area contributed by atoms with E-state index in [1.54, 1.807) is 0 Å². The molecule has 16 heavy (non-hydrogen) atoms. The number of likely N-dealkylation sites (tertiary alicyclic amines) is 1. The molecule has 0 aromatic heterocycles. The number of hydrogen-bond donors (Lipinski definition) is 2. The second-order valence-electron chi connectivity index (χ2n) is 5.05. The fourth-order valence-electron chi connectivity index (χ4n) is 2.44. The summed E-state index contributed by atoms with van der Waals surface area (Å²) in [6.45, 7) is 6.67. The third-order valence-corrected chi connectivity index (χ3v) is 3.71. The molecule has 0 bridgehead atoms. The van der Waals surface area contributed by atoms with Crippen molar-refractivity contribution in [3.63, 3.8) is 0 Å². The van der Waals surface area contributed by atoms with Gasteiger partial charge in [-0.1, -0.05) is 13.8 Å². The Labute approximate surface area is 103 Å². The van der Waals surface area contributed by atoms with E-state index in [-0.39, 0.29) is 30.5 Å². The minimum atomic E-state index is -0.351. The highest BCUT2D eigenvalue weighted by atomic mass is 35.5. The predicted molar refractivity (Wildman–Crippen MR) is 64.6 cm³/mol. The maximum Gasteiger partial charge on any atom is 0.239 e. The Bertz CT molecular complexity index is 252. The predicted octanol–water partition coefficient (Wildman–Crippen LogP) is 0.245. The summed E-state index contributed by atoms with van der Waals surface area (Å²) in [5.41, 5.74) is 0. The number of halogens is 1. The average Bonchev–Trinajstić information content (AvgIpc) is 2.74. The molecule has 0 radical (unpaired) electrons. The lowest BCUT2D eigenvalue weighted by molar-refractivity contribution is -0.132. The first-order valence-electron chi connectivity index (χ1n) is 5.78. The van der Waals surface area contributed by atoms with Gasteiger partial charge in [0, 0.05) is 19.6 Å². The second-order valence-corrected chi connectivity index (χ2v) is 5.05. The molecule has 0 saturated carbocycles. The van der Waals surface area contributed by atoms with Crippen LogP contribution in [0.4, 0.5) is 0 Å². The van der Waals surface area contributed by atoms with Crippen LogP contribution in [-0.4, -0.2) is 47.7 Å². The molecule has 5 heteroatoms. The Hall–Kier alpha value is -0.320. The number of β-amino-alcohol motifs (C(OH)–C–C–N with tert-alkyl or cyclic N) is 1. The number of carbonyl (C=O) groups excluding carboxylic acids is 1. The Morgan fingerprint density at radius 1 is 1.31 bits per heavy atom. The van der Waals surface area contributed by atoms with Crippen molar-refractivity contribution in [1.82, 2.24) is 10.2 Å². The summed E-state index contributed by atoms with van der Waals surface area (Å²) in [6.07, 6.45) is 0.217. The zero-order chi connectivity index (χ0) is 11.0. The van der Waals surface area contributed by atoms with Crippen molar-refractivity contribution < 1.29 is 9.90 Å². The van der Waals surface area contributed by atoms with E-state index in [1.807, 2.05) is 4.90 Å². The van der Waals surface area contributed by atoms with Gasteiger partial charge >= 0.3 is 0 Å². The Morgan fingerprint density at radius 2 is 1.88 bits per heavy atom. The first-order chi connectivity index (χ1) is 7.08. The van der Waals surface area contributed by atoms with Gasteiger partial charge in [-0.25, -0.2) is 0 Å². The number of hydrogen-bond acceptors (Lipinski definition) is 3. The van der Waals surface area contributed by atoms with Crippen LogP contribution < -0.4 is 5.32 Å². The van der Waals surface area contributed by atoms with Gasteiger partial charge in [-0.05, 0) is 18.3 Å². The van der Waals surface area contributed by atoms with Crippen LogP contribution in [0.1, 0.15) is 20.3 Å². The standard InChI is InChI=1S/C11H20N2O2.ClH/c1-7-5-13(6-8(7)2)11(15)10-3-9(14)4-12-10;/h7-10,12,14H,3-6H2,1-2H3;1H/t7?,8?,9-,10-;/m1./s1. The van der Waals surface area contributed by atoms with Crippen LogP contribution in [0.25, 0.3) is 0 Å². The highest BCUT2D eigenvalue weighted by Crippen LogP contribution is 2.23. The summed E-state index contributed by atoms with van der Waals surface area (Å²) >= 11 is 0. The van der Waals surface area contributed by atoms with E-state index in [1.165, 1.54) is 0 Å². The van der Waals surface area contributed by atoms with Gasteiger partial charge in [0.05, 0.1) is 12.1 Å². The molecule has 2 aliphatic heterocycles. The van der Waals surface area contributed by atoms with E-state index in [0.29, 0.717) is 24.8 Å². The Balaban J connectivity index is 0.00000128. The molecule has 2 fully saturated rings. The topological polar surface area (TPSA) is 52.6 Å². The van der Waals surface area contributed by atoms with Gasteiger partial charge in [-0.3, -0.25) is 4.79 Å². The SMILES string of the molecule is CC1CN(C(=O)[C@H]2C[C@@H](O)CN2)CC1C.Cl. The van der Waals surface area contributed by atoms with E-state index in [4.69, 9.17) is 0 Å². The number of rotatable bonds is 1. The average molecular weight is 249 g/mol. The number of carbonyl (C=O) groups is 1. The van der Waals surface area contributed by atoms with Gasteiger partial charge < -0.3 is 15.3 Å². The van der Waals surface area contributed by atoms with Crippen LogP contribution in [0.15, 0.2) is 0 Å². The first kappa shape index (κ1) is 13.7. The molecule has 1 amide bonds. The minimum absolute atomic E-state index is 0. The maximum atomic E-state index is 12.0. The van der Waals surface area contributed by atoms with E-state index in [2.05, 4.69) is 19.2 Å². The highest BCUT2D eigenvalue weighted by Gasteiger charge is 2.36. The van der Waals surface area contributed by atoms with Crippen molar-refractivity contribution in [2.75, 3.05) is 19.6 Å². The van der Waals surface area contributed by atoms with Crippen LogP contribution in [0.5, 0.6) is 0 Å². The lowest BCUT2D eigenvalue weighted by Gasteiger charge is -2.20. The van der Waals surface area contributed by atoms with Gasteiger partial charge in [0.25, 0.3) is 0 Å².